The molecule has 0 unspecified atom stereocenters. The maximum Gasteiger partial charge on any atom is 0.442 e. The quantitative estimate of drug-likeness (QED) is 0.899. The van der Waals surface area contributed by atoms with E-state index in [4.69, 9.17) is 0 Å². The molecule has 6 nitrogen and oxygen atoms in total. The molecule has 0 aromatic carbocycles. The summed E-state index contributed by atoms with van der Waals surface area (Å²) >= 11 is 1.43. The Balaban J connectivity index is 2.25. The second-order valence-corrected chi connectivity index (χ2v) is 5.01. The number of carbonyl (C=O) groups excluding carboxylic acids is 1. The Morgan fingerprint density at radius 3 is 3.00 bits per heavy atom. The minimum absolute atomic E-state index is 0.0262. The minimum Gasteiger partial charge on any atom is -0.352 e. The second-order valence-electron chi connectivity index (χ2n) is 4.06. The molecule has 0 spiro atoms. The lowest BCUT2D eigenvalue weighted by Gasteiger charge is -2.08. The maximum atomic E-state index is 11.7. The third-order valence-corrected chi connectivity index (χ3v) is 3.05. The van der Waals surface area contributed by atoms with Gasteiger partial charge in [0.25, 0.3) is 0 Å². The van der Waals surface area contributed by atoms with Crippen molar-refractivity contribution in [3.8, 4) is 10.7 Å². The van der Waals surface area contributed by atoms with E-state index >= 15 is 0 Å². The van der Waals surface area contributed by atoms with Crippen LogP contribution in [0.4, 0.5) is 0 Å². The van der Waals surface area contributed by atoms with E-state index < -0.39 is 5.76 Å². The van der Waals surface area contributed by atoms with Gasteiger partial charge in [0.2, 0.25) is 5.91 Å². The molecule has 18 heavy (non-hydrogen) atoms. The van der Waals surface area contributed by atoms with Crippen LogP contribution in [0.5, 0.6) is 0 Å². The second kappa shape index (κ2) is 5.18. The van der Waals surface area contributed by atoms with E-state index in [1.165, 1.54) is 15.9 Å². The number of nitrogens with zero attached hydrogens (tertiary/aromatic N) is 2. The molecule has 2 rings (SSSR count). The van der Waals surface area contributed by atoms with E-state index in [1.54, 1.807) is 0 Å². The Bertz CT molecular complexity index is 583. The number of amides is 1. The fourth-order valence-corrected chi connectivity index (χ4v) is 2.22. The number of carbonyl (C=O) groups is 1. The number of hydrogen-bond acceptors (Lipinski definition) is 5. The van der Waals surface area contributed by atoms with Crippen molar-refractivity contribution in [3.63, 3.8) is 0 Å². The van der Waals surface area contributed by atoms with Gasteiger partial charge in [-0.15, -0.1) is 11.3 Å². The highest BCUT2D eigenvalue weighted by molar-refractivity contribution is 7.13. The van der Waals surface area contributed by atoms with Crippen LogP contribution < -0.4 is 11.1 Å². The molecule has 7 heteroatoms. The van der Waals surface area contributed by atoms with Gasteiger partial charge in [-0.3, -0.25) is 9.32 Å². The van der Waals surface area contributed by atoms with Crippen LogP contribution in [0, 0.1) is 0 Å². The van der Waals surface area contributed by atoms with Gasteiger partial charge in [-0.1, -0.05) is 11.2 Å². The Morgan fingerprint density at radius 1 is 1.61 bits per heavy atom. The SMILES string of the molecule is CC(C)NC(=O)Cn1c(-c2cccs2)noc1=O. The van der Waals surface area contributed by atoms with Gasteiger partial charge in [0.05, 0.1) is 4.88 Å². The highest BCUT2D eigenvalue weighted by Crippen LogP contribution is 2.21. The zero-order valence-corrected chi connectivity index (χ0v) is 10.9. The van der Waals surface area contributed by atoms with Gasteiger partial charge in [-0.25, -0.2) is 9.36 Å². The third kappa shape index (κ3) is 2.67. The summed E-state index contributed by atoms with van der Waals surface area (Å²) in [4.78, 5) is 24.0. The fourth-order valence-electron chi connectivity index (χ4n) is 1.50. The summed E-state index contributed by atoms with van der Waals surface area (Å²) in [6.07, 6.45) is 0. The number of rotatable bonds is 4. The van der Waals surface area contributed by atoms with Gasteiger partial charge >= 0.3 is 5.76 Å². The van der Waals surface area contributed by atoms with E-state index in [-0.39, 0.29) is 18.5 Å². The molecule has 0 saturated heterocycles. The molecule has 0 aliphatic carbocycles. The molecule has 0 bridgehead atoms. The molecule has 2 heterocycles. The van der Waals surface area contributed by atoms with Crippen LogP contribution in [-0.2, 0) is 11.3 Å². The lowest BCUT2D eigenvalue weighted by molar-refractivity contribution is -0.122. The predicted octanol–water partition coefficient (Wildman–Crippen LogP) is 1.09. The molecule has 0 radical (unpaired) electrons. The van der Waals surface area contributed by atoms with E-state index in [0.29, 0.717) is 5.82 Å². The molecule has 1 amide bonds. The average Bonchev–Trinajstić information content (AvgIpc) is 2.88. The van der Waals surface area contributed by atoms with Crippen molar-refractivity contribution in [1.82, 2.24) is 15.0 Å². The molecule has 0 saturated carbocycles. The topological polar surface area (TPSA) is 77.1 Å². The molecule has 96 valence electrons. The van der Waals surface area contributed by atoms with Crippen LogP contribution in [0.15, 0.2) is 26.8 Å². The molecule has 0 aliphatic heterocycles. The Labute approximate surface area is 107 Å². The average molecular weight is 267 g/mol. The van der Waals surface area contributed by atoms with E-state index in [0.717, 1.165) is 4.88 Å². The van der Waals surface area contributed by atoms with Gasteiger partial charge in [-0.05, 0) is 25.3 Å². The van der Waals surface area contributed by atoms with Gasteiger partial charge in [0.1, 0.15) is 6.54 Å². The van der Waals surface area contributed by atoms with Crippen LogP contribution in [0.25, 0.3) is 10.7 Å². The Hall–Kier alpha value is -1.89. The molecule has 1 N–H and O–H groups in total. The van der Waals surface area contributed by atoms with Crippen LogP contribution in [0.2, 0.25) is 0 Å². The summed E-state index contributed by atoms with van der Waals surface area (Å²) in [5.74, 6) is -0.487. The minimum atomic E-state index is -0.627. The van der Waals surface area contributed by atoms with Crippen molar-refractivity contribution in [3.05, 3.63) is 28.1 Å². The number of hydrogen-bond donors (Lipinski definition) is 1. The molecule has 0 aliphatic rings. The van der Waals surface area contributed by atoms with Gasteiger partial charge in [0, 0.05) is 6.04 Å². The van der Waals surface area contributed by atoms with Gasteiger partial charge in [0.15, 0.2) is 5.82 Å². The van der Waals surface area contributed by atoms with E-state index in [2.05, 4.69) is 15.0 Å². The smallest absolute Gasteiger partial charge is 0.352 e. The first-order chi connectivity index (χ1) is 8.58. The molecular formula is C11H13N3O3S. The van der Waals surface area contributed by atoms with Gasteiger partial charge in [-0.2, -0.15) is 0 Å². The number of nitrogens with one attached hydrogen (secondary N) is 1. The first-order valence-electron chi connectivity index (χ1n) is 5.47. The Kier molecular flexibility index (Phi) is 3.61. The van der Waals surface area contributed by atoms with Crippen LogP contribution in [-0.4, -0.2) is 21.7 Å². The summed E-state index contributed by atoms with van der Waals surface area (Å²) < 4.78 is 5.84. The molecule has 2 aromatic heterocycles. The van der Waals surface area contributed by atoms with Crippen molar-refractivity contribution in [2.45, 2.75) is 26.4 Å². The number of thiophene rings is 1. The van der Waals surface area contributed by atoms with Crippen molar-refractivity contribution in [2.75, 3.05) is 0 Å². The predicted molar refractivity (Wildman–Crippen MR) is 67.4 cm³/mol. The highest BCUT2D eigenvalue weighted by atomic mass is 32.1. The van der Waals surface area contributed by atoms with Crippen LogP contribution in [0.1, 0.15) is 13.8 Å². The monoisotopic (exact) mass is 267 g/mol. The summed E-state index contributed by atoms with van der Waals surface area (Å²) in [6.45, 7) is 3.62. The Morgan fingerprint density at radius 2 is 2.39 bits per heavy atom. The van der Waals surface area contributed by atoms with Crippen molar-refractivity contribution >= 4 is 17.2 Å². The highest BCUT2D eigenvalue weighted by Gasteiger charge is 2.16. The van der Waals surface area contributed by atoms with Crippen LogP contribution in [0.3, 0.4) is 0 Å². The zero-order valence-electron chi connectivity index (χ0n) is 10.0. The fraction of sp³-hybridized carbons (Fsp3) is 0.364. The summed E-state index contributed by atoms with van der Waals surface area (Å²) in [6, 6.07) is 3.69. The third-order valence-electron chi connectivity index (χ3n) is 2.18. The van der Waals surface area contributed by atoms with E-state index in [9.17, 15) is 9.59 Å². The molecule has 0 atom stereocenters. The van der Waals surface area contributed by atoms with Crippen molar-refractivity contribution in [2.24, 2.45) is 0 Å². The normalized spacial score (nSPS) is 10.8. The lowest BCUT2D eigenvalue weighted by Crippen LogP contribution is -2.35. The maximum absolute atomic E-state index is 11.7. The standard InChI is InChI=1S/C11H13N3O3S/c1-7(2)12-9(15)6-14-10(13-17-11(14)16)8-4-3-5-18-8/h3-5,7H,6H2,1-2H3,(H,12,15). The van der Waals surface area contributed by atoms with Crippen LogP contribution >= 0.6 is 11.3 Å². The lowest BCUT2D eigenvalue weighted by atomic mass is 10.4. The van der Waals surface area contributed by atoms with Crippen molar-refractivity contribution < 1.29 is 9.32 Å². The van der Waals surface area contributed by atoms with E-state index in [1.807, 2.05) is 31.4 Å². The zero-order chi connectivity index (χ0) is 13.1. The molecule has 2 aromatic rings. The van der Waals surface area contributed by atoms with Crippen molar-refractivity contribution in [1.29, 1.82) is 0 Å². The molecule has 0 fully saturated rings. The first kappa shape index (κ1) is 12.6. The summed E-state index contributed by atoms with van der Waals surface area (Å²) in [5, 5.41) is 8.28. The summed E-state index contributed by atoms with van der Waals surface area (Å²) in [5.41, 5.74) is 0. The first-order valence-corrected chi connectivity index (χ1v) is 6.35. The largest absolute Gasteiger partial charge is 0.442 e. The summed E-state index contributed by atoms with van der Waals surface area (Å²) in [7, 11) is 0. The number of aromatic nitrogens is 2. The molecular weight excluding hydrogens is 254 g/mol. The van der Waals surface area contributed by atoms with Gasteiger partial charge < -0.3 is 5.32 Å².